The van der Waals surface area contributed by atoms with Crippen LogP contribution >= 0.6 is 0 Å². The minimum absolute atomic E-state index is 0.140. The molecule has 0 aliphatic carbocycles. The number of hydrogen-bond acceptors (Lipinski definition) is 5. The van der Waals surface area contributed by atoms with Gasteiger partial charge in [-0.1, -0.05) is 50.3 Å². The second-order valence-electron chi connectivity index (χ2n) is 6.16. The van der Waals surface area contributed by atoms with E-state index in [9.17, 15) is 4.79 Å². The summed E-state index contributed by atoms with van der Waals surface area (Å²) in [6.45, 7) is 10.6. The van der Waals surface area contributed by atoms with E-state index in [0.29, 0.717) is 59.1 Å². The lowest BCUT2D eigenvalue weighted by Crippen LogP contribution is -2.12. The van der Waals surface area contributed by atoms with E-state index in [0.717, 1.165) is 30.6 Å². The lowest BCUT2D eigenvalue weighted by Gasteiger charge is -2.07. The number of ketones is 1. The van der Waals surface area contributed by atoms with E-state index in [1.54, 1.807) is 6.08 Å². The number of rotatable bonds is 18. The van der Waals surface area contributed by atoms with Crippen molar-refractivity contribution in [1.29, 1.82) is 0 Å². The Morgan fingerprint density at radius 3 is 1.78 bits per heavy atom. The van der Waals surface area contributed by atoms with E-state index in [1.165, 1.54) is 0 Å². The van der Waals surface area contributed by atoms with Crippen LogP contribution in [-0.4, -0.2) is 58.6 Å². The van der Waals surface area contributed by atoms with E-state index < -0.39 is 0 Å². The summed E-state index contributed by atoms with van der Waals surface area (Å²) in [6.07, 6.45) is 5.21. The van der Waals surface area contributed by atoms with Crippen LogP contribution in [0.5, 0.6) is 0 Å². The van der Waals surface area contributed by atoms with Crippen LogP contribution in [0.25, 0.3) is 6.08 Å². The molecule has 0 N–H and O–H groups in total. The normalized spacial score (nSPS) is 10.9. The molecule has 27 heavy (non-hydrogen) atoms. The van der Waals surface area contributed by atoms with Gasteiger partial charge in [-0.25, -0.2) is 0 Å². The lowest BCUT2D eigenvalue weighted by atomic mass is 10.1. The third-order valence-corrected chi connectivity index (χ3v) is 3.92. The number of carbonyl (C=O) groups excluding carboxylic acids is 1. The van der Waals surface area contributed by atoms with Gasteiger partial charge in [-0.05, 0) is 18.4 Å². The average Bonchev–Trinajstić information content (AvgIpc) is 2.70. The first-order valence-electron chi connectivity index (χ1n) is 9.84. The summed E-state index contributed by atoms with van der Waals surface area (Å²) in [7, 11) is 0. The number of Topliss-reactive ketones (excluding diaryl/α,β-unsaturated/α-hetero) is 1. The molecule has 5 nitrogen and oxygen atoms in total. The third kappa shape index (κ3) is 12.5. The van der Waals surface area contributed by atoms with Crippen LogP contribution < -0.4 is 0 Å². The van der Waals surface area contributed by atoms with Crippen molar-refractivity contribution in [2.24, 2.45) is 0 Å². The molecule has 5 heteroatoms. The van der Waals surface area contributed by atoms with E-state index in [2.05, 4.69) is 13.5 Å². The summed E-state index contributed by atoms with van der Waals surface area (Å²) >= 11 is 0. The molecule has 0 aromatic heterocycles. The fraction of sp³-hybridized carbons (Fsp3) is 0.591. The molecule has 152 valence electrons. The van der Waals surface area contributed by atoms with Gasteiger partial charge in [0.05, 0.1) is 39.6 Å². The Morgan fingerprint density at radius 2 is 1.30 bits per heavy atom. The van der Waals surface area contributed by atoms with Gasteiger partial charge < -0.3 is 18.9 Å². The van der Waals surface area contributed by atoms with Crippen LogP contribution in [0.4, 0.5) is 0 Å². The molecule has 0 atom stereocenters. The van der Waals surface area contributed by atoms with E-state index in [1.807, 2.05) is 24.3 Å². The minimum atomic E-state index is 0.140. The molecule has 0 aliphatic rings. The van der Waals surface area contributed by atoms with Crippen LogP contribution in [0.1, 0.15) is 48.5 Å². The minimum Gasteiger partial charge on any atom is -0.379 e. The van der Waals surface area contributed by atoms with Crippen LogP contribution in [-0.2, 0) is 18.9 Å². The molecule has 0 amide bonds. The van der Waals surface area contributed by atoms with Gasteiger partial charge in [-0.2, -0.15) is 0 Å². The van der Waals surface area contributed by atoms with Crippen molar-refractivity contribution in [2.75, 3.05) is 52.9 Å². The largest absolute Gasteiger partial charge is 0.379 e. The van der Waals surface area contributed by atoms with Crippen molar-refractivity contribution >= 4 is 11.9 Å². The highest BCUT2D eigenvalue weighted by molar-refractivity contribution is 5.96. The molecule has 0 bridgehead atoms. The zero-order valence-electron chi connectivity index (χ0n) is 16.6. The van der Waals surface area contributed by atoms with Gasteiger partial charge in [0.2, 0.25) is 0 Å². The highest BCUT2D eigenvalue weighted by atomic mass is 16.6. The standard InChI is InChI=1S/C22H34O5/c1-3-5-12-24-14-16-26-18-19-27-17-15-25-13-6-7-22(23)21-10-8-20(4-2)9-11-21/h4,8-11H,2-3,5-7,12-19H2,1H3. The summed E-state index contributed by atoms with van der Waals surface area (Å²) in [5, 5.41) is 0. The Labute approximate surface area is 163 Å². The van der Waals surface area contributed by atoms with Crippen molar-refractivity contribution in [1.82, 2.24) is 0 Å². The molecule has 0 saturated carbocycles. The SMILES string of the molecule is C=Cc1ccc(C(=O)CCCOCCOCCOCCOCCCC)cc1. The molecule has 0 heterocycles. The van der Waals surface area contributed by atoms with Crippen LogP contribution in [0.3, 0.4) is 0 Å². The zero-order chi connectivity index (χ0) is 19.6. The molecule has 1 aromatic carbocycles. The number of benzene rings is 1. The highest BCUT2D eigenvalue weighted by Crippen LogP contribution is 2.09. The summed E-state index contributed by atoms with van der Waals surface area (Å²) in [5.41, 5.74) is 1.75. The maximum atomic E-state index is 12.0. The average molecular weight is 379 g/mol. The maximum absolute atomic E-state index is 12.0. The van der Waals surface area contributed by atoms with Gasteiger partial charge in [0.1, 0.15) is 0 Å². The lowest BCUT2D eigenvalue weighted by molar-refractivity contribution is -0.00228. The summed E-state index contributed by atoms with van der Waals surface area (Å²) in [5.74, 6) is 0.140. The first-order valence-corrected chi connectivity index (χ1v) is 9.84. The fourth-order valence-corrected chi connectivity index (χ4v) is 2.29. The Morgan fingerprint density at radius 1 is 0.815 bits per heavy atom. The van der Waals surface area contributed by atoms with E-state index in [4.69, 9.17) is 18.9 Å². The Balaban J connectivity index is 1.86. The fourth-order valence-electron chi connectivity index (χ4n) is 2.29. The topological polar surface area (TPSA) is 54.0 Å². The summed E-state index contributed by atoms with van der Waals surface area (Å²) in [6, 6.07) is 7.48. The highest BCUT2D eigenvalue weighted by Gasteiger charge is 2.05. The predicted molar refractivity (Wildman–Crippen MR) is 108 cm³/mol. The van der Waals surface area contributed by atoms with Crippen molar-refractivity contribution in [3.05, 3.63) is 42.0 Å². The smallest absolute Gasteiger partial charge is 0.162 e. The molecule has 0 fully saturated rings. The predicted octanol–water partition coefficient (Wildman–Crippen LogP) is 4.16. The van der Waals surface area contributed by atoms with E-state index >= 15 is 0 Å². The summed E-state index contributed by atoms with van der Waals surface area (Å²) in [4.78, 5) is 12.0. The first-order chi connectivity index (χ1) is 13.3. The molecule has 0 saturated heterocycles. The molecular formula is C22H34O5. The van der Waals surface area contributed by atoms with Gasteiger partial charge in [-0.15, -0.1) is 0 Å². The van der Waals surface area contributed by atoms with Gasteiger partial charge >= 0.3 is 0 Å². The van der Waals surface area contributed by atoms with Crippen molar-refractivity contribution in [3.63, 3.8) is 0 Å². The van der Waals surface area contributed by atoms with E-state index in [-0.39, 0.29) is 5.78 Å². The number of carbonyl (C=O) groups is 1. The molecular weight excluding hydrogens is 344 g/mol. The Hall–Kier alpha value is -1.53. The number of hydrogen-bond donors (Lipinski definition) is 0. The number of ether oxygens (including phenoxy) is 4. The van der Waals surface area contributed by atoms with Gasteiger partial charge in [0, 0.05) is 25.2 Å². The molecule has 0 aliphatic heterocycles. The maximum Gasteiger partial charge on any atom is 0.162 e. The second kappa shape index (κ2) is 16.6. The van der Waals surface area contributed by atoms with Gasteiger partial charge in [-0.3, -0.25) is 4.79 Å². The molecule has 0 unspecified atom stereocenters. The monoisotopic (exact) mass is 378 g/mol. The number of unbranched alkanes of at least 4 members (excludes halogenated alkanes) is 1. The second-order valence-corrected chi connectivity index (χ2v) is 6.16. The van der Waals surface area contributed by atoms with Crippen molar-refractivity contribution < 1.29 is 23.7 Å². The van der Waals surface area contributed by atoms with Gasteiger partial charge in [0.15, 0.2) is 5.78 Å². The van der Waals surface area contributed by atoms with Crippen LogP contribution in [0.15, 0.2) is 30.8 Å². The Kier molecular flexibility index (Phi) is 14.5. The molecule has 0 spiro atoms. The van der Waals surface area contributed by atoms with Crippen LogP contribution in [0.2, 0.25) is 0 Å². The third-order valence-electron chi connectivity index (χ3n) is 3.92. The zero-order valence-corrected chi connectivity index (χ0v) is 16.6. The quantitative estimate of drug-likeness (QED) is 0.284. The molecule has 1 aromatic rings. The van der Waals surface area contributed by atoms with Gasteiger partial charge in [0.25, 0.3) is 0 Å². The first kappa shape index (κ1) is 23.5. The molecule has 0 radical (unpaired) electrons. The molecule has 1 rings (SSSR count). The van der Waals surface area contributed by atoms with Crippen molar-refractivity contribution in [2.45, 2.75) is 32.6 Å². The Bertz CT molecular complexity index is 498. The van der Waals surface area contributed by atoms with Crippen LogP contribution in [0, 0.1) is 0 Å². The summed E-state index contributed by atoms with van der Waals surface area (Å²) < 4.78 is 21.7. The van der Waals surface area contributed by atoms with Crippen molar-refractivity contribution in [3.8, 4) is 0 Å².